The van der Waals surface area contributed by atoms with Gasteiger partial charge in [0.25, 0.3) is 0 Å². The first-order valence-corrected chi connectivity index (χ1v) is 22.8. The molecule has 0 bridgehead atoms. The first-order chi connectivity index (χ1) is 32.0. The normalized spacial score (nSPS) is 13.6. The van der Waals surface area contributed by atoms with Crippen LogP contribution in [0.15, 0.2) is 249 Å². The van der Waals surface area contributed by atoms with Crippen molar-refractivity contribution in [2.45, 2.75) is 24.7 Å². The van der Waals surface area contributed by atoms with Gasteiger partial charge in [-0.2, -0.15) is 0 Å². The molecule has 12 rings (SSSR count). The highest BCUT2D eigenvalue weighted by atomic mass is 15.1. The SMILES string of the molecule is CC1(C)c2ccccc2-c2ccc(N(c3ccc4c(c3)C(c3ccccc3)(c3ccccc3)c3ccccc3-4)c3ccc(-c4ccc(-c5ccccc5)cc4)cc3-c3ccccc3)cc21. The number of fused-ring (bicyclic) bond motifs is 6. The Kier molecular flexibility index (Phi) is 9.14. The maximum absolute atomic E-state index is 2.52. The van der Waals surface area contributed by atoms with Gasteiger partial charge in [-0.05, 0) is 120 Å². The van der Waals surface area contributed by atoms with Gasteiger partial charge < -0.3 is 4.90 Å². The van der Waals surface area contributed by atoms with Gasteiger partial charge in [0.15, 0.2) is 0 Å². The second-order valence-corrected chi connectivity index (χ2v) is 18.0. The average Bonchev–Trinajstić information content (AvgIpc) is 3.80. The van der Waals surface area contributed by atoms with Gasteiger partial charge in [0.2, 0.25) is 0 Å². The van der Waals surface area contributed by atoms with Crippen molar-refractivity contribution >= 4 is 17.1 Å². The van der Waals surface area contributed by atoms with Gasteiger partial charge in [-0.3, -0.25) is 0 Å². The molecule has 0 aromatic heterocycles. The van der Waals surface area contributed by atoms with Crippen molar-refractivity contribution in [2.24, 2.45) is 0 Å². The summed E-state index contributed by atoms with van der Waals surface area (Å²) in [5, 5.41) is 0. The Labute approximate surface area is 382 Å². The van der Waals surface area contributed by atoms with Crippen molar-refractivity contribution in [3.05, 3.63) is 282 Å². The molecule has 0 saturated heterocycles. The van der Waals surface area contributed by atoms with E-state index in [0.29, 0.717) is 0 Å². The first kappa shape index (κ1) is 38.7. The van der Waals surface area contributed by atoms with E-state index in [2.05, 4.69) is 267 Å². The molecule has 0 saturated carbocycles. The Morgan fingerprint density at radius 1 is 0.277 bits per heavy atom. The zero-order valence-corrected chi connectivity index (χ0v) is 36.6. The molecule has 0 unspecified atom stereocenters. The molecular weight excluding hydrogens is 783 g/mol. The molecule has 0 N–H and O–H groups in total. The maximum atomic E-state index is 2.52. The molecule has 0 amide bonds. The third kappa shape index (κ3) is 6.15. The summed E-state index contributed by atoms with van der Waals surface area (Å²) in [5.41, 5.74) is 22.8. The van der Waals surface area contributed by atoms with Gasteiger partial charge in [-0.1, -0.05) is 226 Å². The topological polar surface area (TPSA) is 3.24 Å². The van der Waals surface area contributed by atoms with Gasteiger partial charge in [-0.15, -0.1) is 0 Å². The Morgan fingerprint density at radius 2 is 0.692 bits per heavy atom. The summed E-state index contributed by atoms with van der Waals surface area (Å²) in [7, 11) is 0. The number of rotatable bonds is 8. The zero-order chi connectivity index (χ0) is 43.5. The molecular formula is C64H47N. The van der Waals surface area contributed by atoms with Crippen LogP contribution in [0.5, 0.6) is 0 Å². The minimum atomic E-state index is -0.532. The standard InChI is InChI=1S/C64H47N/c1-63(2)58-29-17-15-27-53(58)55-38-36-51(42-60(55)63)65(62-40-35-48(41-57(62)47-21-9-4-10-22-47)46-33-31-45(32-34-46)44-19-7-3-8-20-44)52-37-39-56-54-28-16-18-30-59(54)64(61(56)43-52,49-23-11-5-12-24-49)50-25-13-6-14-26-50/h3-43H,1-2H3. The average molecular weight is 830 g/mol. The van der Waals surface area contributed by atoms with E-state index < -0.39 is 5.41 Å². The Morgan fingerprint density at radius 3 is 1.29 bits per heavy atom. The van der Waals surface area contributed by atoms with Crippen molar-refractivity contribution < 1.29 is 0 Å². The van der Waals surface area contributed by atoms with Crippen LogP contribution in [0.3, 0.4) is 0 Å². The van der Waals surface area contributed by atoms with Crippen LogP contribution in [0.1, 0.15) is 47.2 Å². The smallest absolute Gasteiger partial charge is 0.0714 e. The fraction of sp³-hybridized carbons (Fsp3) is 0.0625. The summed E-state index contributed by atoms with van der Waals surface area (Å²) >= 11 is 0. The van der Waals surface area contributed by atoms with Crippen molar-refractivity contribution in [1.29, 1.82) is 0 Å². The lowest BCUT2D eigenvalue weighted by Crippen LogP contribution is -2.28. The van der Waals surface area contributed by atoms with Crippen LogP contribution in [0.4, 0.5) is 17.1 Å². The number of anilines is 3. The Balaban J connectivity index is 1.11. The fourth-order valence-electron chi connectivity index (χ4n) is 11.1. The quantitative estimate of drug-likeness (QED) is 0.147. The van der Waals surface area contributed by atoms with Gasteiger partial charge in [-0.25, -0.2) is 0 Å². The van der Waals surface area contributed by atoms with Gasteiger partial charge in [0.1, 0.15) is 0 Å². The van der Waals surface area contributed by atoms with E-state index in [1.165, 1.54) is 89.0 Å². The fourth-order valence-corrected chi connectivity index (χ4v) is 11.1. The van der Waals surface area contributed by atoms with Crippen LogP contribution < -0.4 is 4.90 Å². The molecule has 0 radical (unpaired) electrons. The van der Waals surface area contributed by atoms with E-state index >= 15 is 0 Å². The van der Waals surface area contributed by atoms with E-state index in [9.17, 15) is 0 Å². The van der Waals surface area contributed by atoms with Crippen molar-refractivity contribution in [3.8, 4) is 55.6 Å². The number of benzene rings is 10. The predicted molar refractivity (Wildman–Crippen MR) is 272 cm³/mol. The molecule has 2 aliphatic rings. The molecule has 308 valence electrons. The van der Waals surface area contributed by atoms with Crippen LogP contribution in [-0.4, -0.2) is 0 Å². The molecule has 0 heterocycles. The van der Waals surface area contributed by atoms with Crippen LogP contribution in [0.2, 0.25) is 0 Å². The van der Waals surface area contributed by atoms with Gasteiger partial charge in [0, 0.05) is 22.4 Å². The largest absolute Gasteiger partial charge is 0.310 e. The number of hydrogen-bond donors (Lipinski definition) is 0. The molecule has 10 aromatic rings. The Hall–Kier alpha value is -8.00. The van der Waals surface area contributed by atoms with E-state index in [0.717, 1.165) is 17.1 Å². The van der Waals surface area contributed by atoms with Crippen molar-refractivity contribution in [3.63, 3.8) is 0 Å². The number of hydrogen-bond acceptors (Lipinski definition) is 1. The maximum Gasteiger partial charge on any atom is 0.0714 e. The summed E-state index contributed by atoms with van der Waals surface area (Å²) in [6.07, 6.45) is 0. The molecule has 1 nitrogen and oxygen atoms in total. The van der Waals surface area contributed by atoms with Gasteiger partial charge >= 0.3 is 0 Å². The van der Waals surface area contributed by atoms with E-state index in [4.69, 9.17) is 0 Å². The highest BCUT2D eigenvalue weighted by Crippen LogP contribution is 2.58. The molecule has 65 heavy (non-hydrogen) atoms. The van der Waals surface area contributed by atoms with E-state index in [1.54, 1.807) is 0 Å². The first-order valence-electron chi connectivity index (χ1n) is 22.8. The molecule has 1 heteroatoms. The third-order valence-electron chi connectivity index (χ3n) is 14.2. The van der Waals surface area contributed by atoms with E-state index in [1.807, 2.05) is 0 Å². The summed E-state index contributed by atoms with van der Waals surface area (Å²) in [6.45, 7) is 4.75. The summed E-state index contributed by atoms with van der Waals surface area (Å²) < 4.78 is 0. The minimum absolute atomic E-state index is 0.166. The second kappa shape index (κ2) is 15.4. The second-order valence-electron chi connectivity index (χ2n) is 18.0. The molecule has 0 fully saturated rings. The lowest BCUT2D eigenvalue weighted by molar-refractivity contribution is 0.660. The predicted octanol–water partition coefficient (Wildman–Crippen LogP) is 16.8. The van der Waals surface area contributed by atoms with Crippen LogP contribution in [0.25, 0.3) is 55.6 Å². The molecule has 0 spiro atoms. The van der Waals surface area contributed by atoms with Crippen LogP contribution in [0, 0.1) is 0 Å². The van der Waals surface area contributed by atoms with E-state index in [-0.39, 0.29) is 5.41 Å². The summed E-state index contributed by atoms with van der Waals surface area (Å²) in [5.74, 6) is 0. The van der Waals surface area contributed by atoms with Crippen LogP contribution >= 0.6 is 0 Å². The summed E-state index contributed by atoms with van der Waals surface area (Å²) in [6, 6.07) is 92.1. The summed E-state index contributed by atoms with van der Waals surface area (Å²) in [4.78, 5) is 2.52. The highest BCUT2D eigenvalue weighted by molar-refractivity contribution is 5.95. The lowest BCUT2D eigenvalue weighted by atomic mass is 9.67. The van der Waals surface area contributed by atoms with Crippen molar-refractivity contribution in [2.75, 3.05) is 4.90 Å². The lowest BCUT2D eigenvalue weighted by Gasteiger charge is -2.35. The molecule has 2 aliphatic carbocycles. The third-order valence-corrected chi connectivity index (χ3v) is 14.2. The zero-order valence-electron chi connectivity index (χ0n) is 36.6. The van der Waals surface area contributed by atoms with Gasteiger partial charge in [0.05, 0.1) is 11.1 Å². The minimum Gasteiger partial charge on any atom is -0.310 e. The highest BCUT2D eigenvalue weighted by Gasteiger charge is 2.46. The monoisotopic (exact) mass is 829 g/mol. The number of nitrogens with zero attached hydrogens (tertiary/aromatic N) is 1. The molecule has 0 atom stereocenters. The Bertz CT molecular complexity index is 3330. The van der Waals surface area contributed by atoms with Crippen LogP contribution in [-0.2, 0) is 10.8 Å². The molecule has 10 aromatic carbocycles. The molecule has 0 aliphatic heterocycles. The van der Waals surface area contributed by atoms with Crippen molar-refractivity contribution in [1.82, 2.24) is 0 Å².